The first kappa shape index (κ1) is 12.0. The normalized spacial score (nSPS) is 15.3. The Labute approximate surface area is 89.9 Å². The lowest BCUT2D eigenvalue weighted by Crippen LogP contribution is -2.26. The molecule has 1 unspecified atom stereocenters. The maximum Gasteiger partial charge on any atom is 0.131 e. The summed E-state index contributed by atoms with van der Waals surface area (Å²) in [6.07, 6.45) is 0.484. The Hall–Kier alpha value is -1.09. The van der Waals surface area contributed by atoms with Crippen LogP contribution in [0.4, 0.5) is 10.1 Å². The van der Waals surface area contributed by atoms with Crippen LogP contribution in [0.1, 0.15) is 32.8 Å². The minimum Gasteiger partial charge on any atom is -0.398 e. The first-order valence-electron chi connectivity index (χ1n) is 5.11. The molecule has 0 amide bonds. The van der Waals surface area contributed by atoms with Gasteiger partial charge in [0.15, 0.2) is 0 Å². The molecule has 0 radical (unpaired) electrons. The Kier molecular flexibility index (Phi) is 3.35. The minimum atomic E-state index is -1.20. The molecule has 84 valence electrons. The maximum absolute atomic E-state index is 13.6. The average Bonchev–Trinajstić information content (AvgIpc) is 1.99. The third kappa shape index (κ3) is 2.69. The summed E-state index contributed by atoms with van der Waals surface area (Å²) >= 11 is 0. The number of anilines is 1. The van der Waals surface area contributed by atoms with Gasteiger partial charge in [-0.15, -0.1) is 0 Å². The zero-order chi connectivity index (χ0) is 11.6. The van der Waals surface area contributed by atoms with E-state index in [0.717, 1.165) is 0 Å². The van der Waals surface area contributed by atoms with Crippen LogP contribution in [0.3, 0.4) is 0 Å². The number of benzene rings is 1. The van der Waals surface area contributed by atoms with Crippen molar-refractivity contribution in [2.24, 2.45) is 5.92 Å². The van der Waals surface area contributed by atoms with Gasteiger partial charge in [-0.25, -0.2) is 4.39 Å². The molecule has 0 aromatic heterocycles. The molecule has 1 aromatic carbocycles. The van der Waals surface area contributed by atoms with E-state index in [9.17, 15) is 9.50 Å². The standard InChI is InChI=1S/C12H18FNO/c1-8(2)7-12(3,15)11-9(13)5-4-6-10(11)14/h4-6,8,15H,7,14H2,1-3H3. The van der Waals surface area contributed by atoms with E-state index >= 15 is 0 Å². The highest BCUT2D eigenvalue weighted by Crippen LogP contribution is 2.33. The van der Waals surface area contributed by atoms with Crippen molar-refractivity contribution in [3.8, 4) is 0 Å². The number of nitrogen functional groups attached to an aromatic ring is 1. The van der Waals surface area contributed by atoms with Crippen LogP contribution >= 0.6 is 0 Å². The Morgan fingerprint density at radius 3 is 2.53 bits per heavy atom. The molecule has 15 heavy (non-hydrogen) atoms. The Bertz CT molecular complexity index is 327. The zero-order valence-corrected chi connectivity index (χ0v) is 9.42. The fourth-order valence-corrected chi connectivity index (χ4v) is 2.01. The second-order valence-electron chi connectivity index (χ2n) is 4.58. The molecule has 3 heteroatoms. The van der Waals surface area contributed by atoms with Crippen molar-refractivity contribution < 1.29 is 9.50 Å². The predicted octanol–water partition coefficient (Wildman–Crippen LogP) is 2.66. The predicted molar refractivity (Wildman–Crippen MR) is 59.8 cm³/mol. The van der Waals surface area contributed by atoms with Gasteiger partial charge in [0, 0.05) is 11.3 Å². The van der Waals surface area contributed by atoms with Crippen molar-refractivity contribution in [2.45, 2.75) is 32.8 Å². The lowest BCUT2D eigenvalue weighted by molar-refractivity contribution is 0.0322. The first-order chi connectivity index (χ1) is 6.84. The van der Waals surface area contributed by atoms with Crippen LogP contribution in [0.5, 0.6) is 0 Å². The highest BCUT2D eigenvalue weighted by atomic mass is 19.1. The fraction of sp³-hybridized carbons (Fsp3) is 0.500. The number of hydrogen-bond donors (Lipinski definition) is 2. The topological polar surface area (TPSA) is 46.2 Å². The van der Waals surface area contributed by atoms with E-state index in [1.165, 1.54) is 6.07 Å². The summed E-state index contributed by atoms with van der Waals surface area (Å²) in [5.41, 5.74) is 4.99. The molecule has 1 atom stereocenters. The number of halogens is 1. The second kappa shape index (κ2) is 4.19. The summed E-state index contributed by atoms with van der Waals surface area (Å²) in [6, 6.07) is 4.47. The molecule has 0 aliphatic rings. The number of aliphatic hydroxyl groups is 1. The van der Waals surface area contributed by atoms with E-state index in [1.54, 1.807) is 19.1 Å². The molecule has 0 bridgehead atoms. The fourth-order valence-electron chi connectivity index (χ4n) is 2.01. The number of nitrogens with two attached hydrogens (primary N) is 1. The SMILES string of the molecule is CC(C)CC(C)(O)c1c(N)cccc1F. The number of hydrogen-bond acceptors (Lipinski definition) is 2. The second-order valence-corrected chi connectivity index (χ2v) is 4.58. The van der Waals surface area contributed by atoms with Gasteiger partial charge in [-0.05, 0) is 31.4 Å². The van der Waals surface area contributed by atoms with Crippen molar-refractivity contribution in [2.75, 3.05) is 5.73 Å². The van der Waals surface area contributed by atoms with Gasteiger partial charge in [0.1, 0.15) is 5.82 Å². The largest absolute Gasteiger partial charge is 0.398 e. The van der Waals surface area contributed by atoms with Crippen LogP contribution < -0.4 is 5.73 Å². The molecule has 0 saturated heterocycles. The molecule has 3 N–H and O–H groups in total. The molecule has 0 saturated carbocycles. The summed E-state index contributed by atoms with van der Waals surface area (Å²) in [4.78, 5) is 0. The van der Waals surface area contributed by atoms with E-state index < -0.39 is 11.4 Å². The van der Waals surface area contributed by atoms with Crippen LogP contribution in [0.2, 0.25) is 0 Å². The molecule has 1 rings (SSSR count). The van der Waals surface area contributed by atoms with Gasteiger partial charge < -0.3 is 10.8 Å². The molecule has 0 spiro atoms. The van der Waals surface area contributed by atoms with Crippen LogP contribution in [-0.4, -0.2) is 5.11 Å². The highest BCUT2D eigenvalue weighted by Gasteiger charge is 2.29. The van der Waals surface area contributed by atoms with Crippen molar-refractivity contribution in [1.82, 2.24) is 0 Å². The van der Waals surface area contributed by atoms with Gasteiger partial charge in [0.2, 0.25) is 0 Å². The van der Waals surface area contributed by atoms with E-state index in [1.807, 2.05) is 13.8 Å². The van der Waals surface area contributed by atoms with Crippen LogP contribution in [0.25, 0.3) is 0 Å². The Morgan fingerprint density at radius 2 is 2.07 bits per heavy atom. The Balaban J connectivity index is 3.14. The van der Waals surface area contributed by atoms with E-state index in [4.69, 9.17) is 5.73 Å². The minimum absolute atomic E-state index is 0.207. The highest BCUT2D eigenvalue weighted by molar-refractivity contribution is 5.50. The molecule has 0 aliphatic carbocycles. The molecular weight excluding hydrogens is 193 g/mol. The van der Waals surface area contributed by atoms with Crippen molar-refractivity contribution >= 4 is 5.69 Å². The third-order valence-corrected chi connectivity index (χ3v) is 2.39. The van der Waals surface area contributed by atoms with E-state index in [0.29, 0.717) is 12.1 Å². The lowest BCUT2D eigenvalue weighted by Gasteiger charge is -2.27. The number of rotatable bonds is 3. The quantitative estimate of drug-likeness (QED) is 0.755. The van der Waals surface area contributed by atoms with Crippen LogP contribution in [-0.2, 0) is 5.60 Å². The Morgan fingerprint density at radius 1 is 1.47 bits per heavy atom. The van der Waals surface area contributed by atoms with Gasteiger partial charge in [0.25, 0.3) is 0 Å². The molecule has 0 aliphatic heterocycles. The molecule has 0 heterocycles. The van der Waals surface area contributed by atoms with Crippen molar-refractivity contribution in [3.63, 3.8) is 0 Å². The van der Waals surface area contributed by atoms with Gasteiger partial charge in [-0.2, -0.15) is 0 Å². The van der Waals surface area contributed by atoms with Gasteiger partial charge in [-0.1, -0.05) is 19.9 Å². The maximum atomic E-state index is 13.6. The molecule has 0 fully saturated rings. The van der Waals surface area contributed by atoms with Crippen molar-refractivity contribution in [3.05, 3.63) is 29.6 Å². The molecule has 2 nitrogen and oxygen atoms in total. The first-order valence-corrected chi connectivity index (χ1v) is 5.11. The van der Waals surface area contributed by atoms with Gasteiger partial charge in [0.05, 0.1) is 5.60 Å². The van der Waals surface area contributed by atoms with Gasteiger partial charge in [-0.3, -0.25) is 0 Å². The van der Waals surface area contributed by atoms with E-state index in [2.05, 4.69) is 0 Å². The average molecular weight is 211 g/mol. The lowest BCUT2D eigenvalue weighted by atomic mass is 9.86. The van der Waals surface area contributed by atoms with Crippen molar-refractivity contribution in [1.29, 1.82) is 0 Å². The van der Waals surface area contributed by atoms with Crippen LogP contribution in [0, 0.1) is 11.7 Å². The summed E-state index contributed by atoms with van der Waals surface area (Å²) in [6.45, 7) is 5.55. The summed E-state index contributed by atoms with van der Waals surface area (Å²) in [5, 5.41) is 10.2. The summed E-state index contributed by atoms with van der Waals surface area (Å²) in [5.74, 6) is -0.167. The summed E-state index contributed by atoms with van der Waals surface area (Å²) in [7, 11) is 0. The molecule has 1 aromatic rings. The van der Waals surface area contributed by atoms with E-state index in [-0.39, 0.29) is 11.5 Å². The van der Waals surface area contributed by atoms with Crippen LogP contribution in [0.15, 0.2) is 18.2 Å². The third-order valence-electron chi connectivity index (χ3n) is 2.39. The monoisotopic (exact) mass is 211 g/mol. The molecular formula is C12H18FNO. The van der Waals surface area contributed by atoms with Gasteiger partial charge >= 0.3 is 0 Å². The summed E-state index contributed by atoms with van der Waals surface area (Å²) < 4.78 is 13.6. The zero-order valence-electron chi connectivity index (χ0n) is 9.42. The smallest absolute Gasteiger partial charge is 0.131 e.